The van der Waals surface area contributed by atoms with E-state index < -0.39 is 0 Å². The van der Waals surface area contributed by atoms with Gasteiger partial charge in [0, 0.05) is 21.3 Å². The van der Waals surface area contributed by atoms with Gasteiger partial charge in [-0.25, -0.2) is 0 Å². The molecule has 0 spiro atoms. The fourth-order valence-corrected chi connectivity index (χ4v) is 3.07. The highest BCUT2D eigenvalue weighted by atomic mass is 79.9. The van der Waals surface area contributed by atoms with Gasteiger partial charge in [-0.05, 0) is 22.0 Å². The zero-order valence-electron chi connectivity index (χ0n) is 9.61. The van der Waals surface area contributed by atoms with Crippen LogP contribution in [0, 0.1) is 0 Å². The number of nitrogen functional groups attached to an aromatic ring is 1. The Morgan fingerprint density at radius 2 is 1.95 bits per heavy atom. The summed E-state index contributed by atoms with van der Waals surface area (Å²) >= 11 is 3.39. The largest absolute Gasteiger partial charge is 0.398 e. The molecular formula is C14H7BrN2O2. The van der Waals surface area contributed by atoms with Gasteiger partial charge in [-0.15, -0.1) is 0 Å². The van der Waals surface area contributed by atoms with Crippen molar-refractivity contribution in [2.24, 2.45) is 0 Å². The van der Waals surface area contributed by atoms with Gasteiger partial charge >= 0.3 is 0 Å². The number of aromatic nitrogens is 1. The van der Waals surface area contributed by atoms with Crippen LogP contribution < -0.4 is 5.73 Å². The van der Waals surface area contributed by atoms with E-state index in [1.54, 1.807) is 12.1 Å². The lowest BCUT2D eigenvalue weighted by Crippen LogP contribution is -2.11. The first-order chi connectivity index (χ1) is 9.18. The van der Waals surface area contributed by atoms with Gasteiger partial charge in [0.25, 0.3) is 0 Å². The van der Waals surface area contributed by atoms with Gasteiger partial charge in [0.15, 0.2) is 11.5 Å². The van der Waals surface area contributed by atoms with Crippen LogP contribution in [0.3, 0.4) is 0 Å². The number of carbonyl (C=O) groups is 1. The maximum absolute atomic E-state index is 12.6. The number of nitrogens with two attached hydrogens (primary N) is 1. The number of fused-ring (bicyclic) bond motifs is 2. The van der Waals surface area contributed by atoms with E-state index in [0.29, 0.717) is 33.5 Å². The van der Waals surface area contributed by atoms with Crippen LogP contribution in [0.15, 0.2) is 39.3 Å². The van der Waals surface area contributed by atoms with Gasteiger partial charge in [0.05, 0.1) is 10.9 Å². The van der Waals surface area contributed by atoms with Crippen LogP contribution in [0.25, 0.3) is 22.2 Å². The summed E-state index contributed by atoms with van der Waals surface area (Å²) in [4.78, 5) is 12.6. The van der Waals surface area contributed by atoms with E-state index >= 15 is 0 Å². The number of halogens is 1. The molecule has 19 heavy (non-hydrogen) atoms. The zero-order valence-corrected chi connectivity index (χ0v) is 11.2. The van der Waals surface area contributed by atoms with Crippen molar-refractivity contribution in [3.8, 4) is 11.3 Å². The molecule has 1 aliphatic rings. The van der Waals surface area contributed by atoms with Crippen LogP contribution in [0.1, 0.15) is 15.9 Å². The van der Waals surface area contributed by atoms with Gasteiger partial charge in [-0.3, -0.25) is 4.79 Å². The number of ketones is 1. The Labute approximate surface area is 116 Å². The Bertz CT molecular complexity index is 867. The number of hydrogen-bond donors (Lipinski definition) is 1. The first-order valence-corrected chi connectivity index (χ1v) is 6.49. The number of rotatable bonds is 0. The summed E-state index contributed by atoms with van der Waals surface area (Å²) < 4.78 is 6.15. The van der Waals surface area contributed by atoms with Crippen molar-refractivity contribution < 1.29 is 9.32 Å². The molecule has 1 aliphatic carbocycles. The van der Waals surface area contributed by atoms with Crippen LogP contribution in [0.5, 0.6) is 0 Å². The van der Waals surface area contributed by atoms with E-state index in [1.165, 1.54) is 0 Å². The maximum Gasteiger partial charge on any atom is 0.196 e. The Hall–Kier alpha value is -2.14. The first kappa shape index (κ1) is 10.8. The number of hydrogen-bond acceptors (Lipinski definition) is 4. The topological polar surface area (TPSA) is 69.1 Å². The normalized spacial score (nSPS) is 12.8. The molecule has 92 valence electrons. The fraction of sp³-hybridized carbons (Fsp3) is 0. The molecule has 4 rings (SSSR count). The molecule has 0 unspecified atom stereocenters. The molecule has 1 aromatic heterocycles. The van der Waals surface area contributed by atoms with Crippen molar-refractivity contribution in [2.45, 2.75) is 0 Å². The van der Waals surface area contributed by atoms with Gasteiger partial charge in [0.2, 0.25) is 0 Å². The minimum Gasteiger partial charge on any atom is -0.398 e. The minimum atomic E-state index is -0.0821. The summed E-state index contributed by atoms with van der Waals surface area (Å²) in [6.07, 6.45) is 0. The molecule has 2 aromatic carbocycles. The zero-order chi connectivity index (χ0) is 13.1. The van der Waals surface area contributed by atoms with E-state index in [9.17, 15) is 4.79 Å². The highest BCUT2D eigenvalue weighted by Crippen LogP contribution is 2.43. The predicted octanol–water partition coefficient (Wildman–Crippen LogP) is 3.38. The highest BCUT2D eigenvalue weighted by Gasteiger charge is 2.31. The Morgan fingerprint density at radius 3 is 2.74 bits per heavy atom. The summed E-state index contributed by atoms with van der Waals surface area (Å²) in [6, 6.07) is 9.01. The molecular weight excluding hydrogens is 308 g/mol. The lowest BCUT2D eigenvalue weighted by atomic mass is 9.87. The molecule has 4 nitrogen and oxygen atoms in total. The lowest BCUT2D eigenvalue weighted by Gasteiger charge is -2.15. The molecule has 3 aromatic rings. The van der Waals surface area contributed by atoms with E-state index in [1.807, 2.05) is 18.2 Å². The SMILES string of the molecule is Nc1cc(Br)c2noc3c2c1C(=O)c1ccccc1-3. The number of carbonyl (C=O) groups excluding carboxylic acids is 1. The molecule has 0 saturated heterocycles. The predicted molar refractivity (Wildman–Crippen MR) is 75.0 cm³/mol. The lowest BCUT2D eigenvalue weighted by molar-refractivity contribution is 0.104. The standard InChI is InChI=1S/C14H7BrN2O2/c15-8-5-9(16)10-11-12(8)17-19-14(11)7-4-2-1-3-6(7)13(10)18/h1-5H,16H2. The summed E-state index contributed by atoms with van der Waals surface area (Å²) in [5, 5.41) is 4.72. The summed E-state index contributed by atoms with van der Waals surface area (Å²) in [5.74, 6) is 0.523. The Balaban J connectivity index is 2.28. The molecule has 0 fully saturated rings. The van der Waals surface area contributed by atoms with Gasteiger partial charge in [-0.2, -0.15) is 0 Å². The average Bonchev–Trinajstić information content (AvgIpc) is 2.83. The van der Waals surface area contributed by atoms with E-state index in [-0.39, 0.29) is 5.78 Å². The second kappa shape index (κ2) is 3.45. The van der Waals surface area contributed by atoms with Crippen molar-refractivity contribution >= 4 is 38.3 Å². The third kappa shape index (κ3) is 1.23. The third-order valence-electron chi connectivity index (χ3n) is 3.38. The van der Waals surface area contributed by atoms with E-state index in [4.69, 9.17) is 10.3 Å². The molecule has 1 heterocycles. The van der Waals surface area contributed by atoms with Crippen molar-refractivity contribution in [1.29, 1.82) is 0 Å². The van der Waals surface area contributed by atoms with Crippen LogP contribution >= 0.6 is 15.9 Å². The van der Waals surface area contributed by atoms with E-state index in [0.717, 1.165) is 10.0 Å². The number of benzene rings is 2. The van der Waals surface area contributed by atoms with Crippen LogP contribution in [-0.2, 0) is 0 Å². The van der Waals surface area contributed by atoms with Crippen molar-refractivity contribution in [2.75, 3.05) is 5.73 Å². The smallest absolute Gasteiger partial charge is 0.196 e. The summed E-state index contributed by atoms with van der Waals surface area (Å²) in [6.45, 7) is 0. The van der Waals surface area contributed by atoms with Crippen molar-refractivity contribution in [3.05, 3.63) is 45.9 Å². The maximum atomic E-state index is 12.6. The molecule has 0 bridgehead atoms. The summed E-state index contributed by atoms with van der Waals surface area (Å²) in [7, 11) is 0. The van der Waals surface area contributed by atoms with Crippen LogP contribution in [0.4, 0.5) is 5.69 Å². The second-order valence-electron chi connectivity index (χ2n) is 4.43. The quantitative estimate of drug-likeness (QED) is 0.505. The molecule has 5 heteroatoms. The van der Waals surface area contributed by atoms with Crippen molar-refractivity contribution in [1.82, 2.24) is 5.16 Å². The fourth-order valence-electron chi connectivity index (χ4n) is 2.55. The molecule has 0 radical (unpaired) electrons. The Morgan fingerprint density at radius 1 is 1.21 bits per heavy atom. The highest BCUT2D eigenvalue weighted by molar-refractivity contribution is 9.10. The summed E-state index contributed by atoms with van der Waals surface area (Å²) in [5.41, 5.74) is 8.89. The third-order valence-corrected chi connectivity index (χ3v) is 3.99. The molecule has 2 N–H and O–H groups in total. The molecule has 0 atom stereocenters. The minimum absolute atomic E-state index is 0.0821. The van der Waals surface area contributed by atoms with Gasteiger partial charge in [-0.1, -0.05) is 29.4 Å². The molecule has 0 amide bonds. The first-order valence-electron chi connectivity index (χ1n) is 5.70. The average molecular weight is 315 g/mol. The van der Waals surface area contributed by atoms with Crippen molar-refractivity contribution in [3.63, 3.8) is 0 Å². The number of anilines is 1. The molecule has 0 saturated carbocycles. The second-order valence-corrected chi connectivity index (χ2v) is 5.29. The van der Waals surface area contributed by atoms with Crippen LogP contribution in [-0.4, -0.2) is 10.9 Å². The van der Waals surface area contributed by atoms with Crippen LogP contribution in [0.2, 0.25) is 0 Å². The Kier molecular flexibility index (Phi) is 1.95. The van der Waals surface area contributed by atoms with Gasteiger partial charge < -0.3 is 10.3 Å². The monoisotopic (exact) mass is 314 g/mol. The van der Waals surface area contributed by atoms with Gasteiger partial charge in [0.1, 0.15) is 5.52 Å². The molecule has 0 aliphatic heterocycles. The van der Waals surface area contributed by atoms with E-state index in [2.05, 4.69) is 21.1 Å². The number of nitrogens with zero attached hydrogens (tertiary/aromatic N) is 1.